The summed E-state index contributed by atoms with van der Waals surface area (Å²) in [5, 5.41) is 3.48. The topological polar surface area (TPSA) is 58.1 Å². The van der Waals surface area contributed by atoms with Crippen molar-refractivity contribution in [3.63, 3.8) is 0 Å². The Morgan fingerprint density at radius 2 is 1.86 bits per heavy atom. The summed E-state index contributed by atoms with van der Waals surface area (Å²) in [6.45, 7) is 10.9. The summed E-state index contributed by atoms with van der Waals surface area (Å²) in [5.41, 5.74) is 6.31. The van der Waals surface area contributed by atoms with Crippen molar-refractivity contribution in [2.24, 2.45) is 11.8 Å². The monoisotopic (exact) mass is 518 g/mol. The van der Waals surface area contributed by atoms with Crippen LogP contribution in [0.5, 0.6) is 0 Å². The zero-order chi connectivity index (χ0) is 26.4. The van der Waals surface area contributed by atoms with Gasteiger partial charge in [-0.1, -0.05) is 87.7 Å². The number of halogens is 1. The van der Waals surface area contributed by atoms with Gasteiger partial charge in [0.25, 0.3) is 0 Å². The molecule has 0 saturated heterocycles. The van der Waals surface area contributed by atoms with E-state index in [4.69, 9.17) is 21.6 Å². The number of amides is 1. The number of hydrogen-bond acceptors (Lipinski definition) is 4. The zero-order valence-corrected chi connectivity index (χ0v) is 23.3. The minimum Gasteiger partial charge on any atom is -0.295 e. The van der Waals surface area contributed by atoms with Crippen molar-refractivity contribution < 1.29 is 4.79 Å². The van der Waals surface area contributed by atoms with Crippen LogP contribution in [0.2, 0.25) is 5.02 Å². The van der Waals surface area contributed by atoms with Crippen LogP contribution >= 0.6 is 11.6 Å². The van der Waals surface area contributed by atoms with E-state index in [-0.39, 0.29) is 5.91 Å². The van der Waals surface area contributed by atoms with Crippen LogP contribution in [0, 0.1) is 11.8 Å². The molecule has 3 aromatic rings. The molecule has 2 aromatic carbocycles. The average Bonchev–Trinajstić information content (AvgIpc) is 2.84. The summed E-state index contributed by atoms with van der Waals surface area (Å²) in [6, 6.07) is 16.9. The van der Waals surface area contributed by atoms with Crippen LogP contribution < -0.4 is 5.32 Å². The number of fused-ring (bicyclic) bond motifs is 1. The van der Waals surface area contributed by atoms with Gasteiger partial charge in [-0.3, -0.25) is 15.0 Å². The molecule has 1 aliphatic rings. The smallest absolute Gasteiger partial charge is 0.230 e. The maximum Gasteiger partial charge on any atom is 0.230 e. The molecule has 1 N–H and O–H groups in total. The van der Waals surface area contributed by atoms with Gasteiger partial charge in [0.1, 0.15) is 0 Å². The van der Waals surface area contributed by atoms with Crippen LogP contribution in [0.4, 0.5) is 5.95 Å². The summed E-state index contributed by atoms with van der Waals surface area (Å²) in [5.74, 6) is 1.51. The van der Waals surface area contributed by atoms with Gasteiger partial charge in [0.2, 0.25) is 11.9 Å². The Balaban J connectivity index is 1.61. The van der Waals surface area contributed by atoms with Gasteiger partial charge in [-0.15, -0.1) is 0 Å². The molecule has 4 rings (SSSR count). The summed E-state index contributed by atoms with van der Waals surface area (Å²) < 4.78 is 0. The van der Waals surface area contributed by atoms with E-state index in [2.05, 4.69) is 73.5 Å². The molecule has 2 atom stereocenters. The third kappa shape index (κ3) is 7.39. The molecule has 0 saturated carbocycles. The van der Waals surface area contributed by atoms with E-state index in [9.17, 15) is 4.79 Å². The minimum absolute atomic E-state index is 0.180. The maximum absolute atomic E-state index is 11.8. The van der Waals surface area contributed by atoms with Crippen LogP contribution in [0.25, 0.3) is 11.3 Å². The van der Waals surface area contributed by atoms with Crippen molar-refractivity contribution in [3.8, 4) is 11.3 Å². The molecule has 1 aromatic heterocycles. The number of carbonyl (C=O) groups is 1. The van der Waals surface area contributed by atoms with Crippen LogP contribution in [-0.4, -0.2) is 27.3 Å². The van der Waals surface area contributed by atoms with E-state index in [1.807, 2.05) is 6.07 Å². The number of benzene rings is 2. The Kier molecular flexibility index (Phi) is 9.33. The summed E-state index contributed by atoms with van der Waals surface area (Å²) in [4.78, 5) is 23.7. The second kappa shape index (κ2) is 12.7. The standard InChI is InChI=1S/C31H39ClN4O/c1-5-9-21(2)16-22(3)17-25-12-13-26(28(32)18-25)30-27-20-36(19-24-10-7-6-8-11-24)15-14-29(27)34-31(35-30)33-23(4)37/h6-8,10-13,18,21-22H,5,9,14-17,19-20H2,1-4H3,(H,33,34,35,37). The third-order valence-electron chi connectivity index (χ3n) is 7.14. The third-order valence-corrected chi connectivity index (χ3v) is 7.45. The minimum atomic E-state index is -0.180. The van der Waals surface area contributed by atoms with Gasteiger partial charge in [-0.05, 0) is 41.9 Å². The Bertz CT molecular complexity index is 1210. The molecular weight excluding hydrogens is 480 g/mol. The lowest BCUT2D eigenvalue weighted by Gasteiger charge is -2.30. The lowest BCUT2D eigenvalue weighted by Crippen LogP contribution is -2.31. The first-order chi connectivity index (χ1) is 17.8. The first kappa shape index (κ1) is 27.3. The molecule has 2 heterocycles. The highest BCUT2D eigenvalue weighted by atomic mass is 35.5. The molecule has 2 unspecified atom stereocenters. The summed E-state index contributed by atoms with van der Waals surface area (Å²) >= 11 is 6.91. The molecule has 1 amide bonds. The number of rotatable bonds is 10. The highest BCUT2D eigenvalue weighted by Crippen LogP contribution is 2.35. The van der Waals surface area contributed by atoms with E-state index < -0.39 is 0 Å². The van der Waals surface area contributed by atoms with Gasteiger partial charge in [0, 0.05) is 44.1 Å². The maximum atomic E-state index is 11.8. The van der Waals surface area contributed by atoms with Crippen LogP contribution in [-0.2, 0) is 30.7 Å². The molecule has 0 aliphatic carbocycles. The van der Waals surface area contributed by atoms with Crippen molar-refractivity contribution in [1.29, 1.82) is 0 Å². The fourth-order valence-corrected chi connectivity index (χ4v) is 5.84. The molecule has 0 spiro atoms. The molecule has 0 radical (unpaired) electrons. The molecule has 6 heteroatoms. The Hall–Kier alpha value is -2.76. The van der Waals surface area contributed by atoms with Crippen LogP contribution in [0.1, 0.15) is 69.3 Å². The largest absolute Gasteiger partial charge is 0.295 e. The predicted octanol–water partition coefficient (Wildman–Crippen LogP) is 7.32. The van der Waals surface area contributed by atoms with Crippen LogP contribution in [0.15, 0.2) is 48.5 Å². The van der Waals surface area contributed by atoms with Crippen molar-refractivity contribution in [2.75, 3.05) is 11.9 Å². The molecular formula is C31H39ClN4O. The first-order valence-electron chi connectivity index (χ1n) is 13.5. The van der Waals surface area contributed by atoms with E-state index in [0.29, 0.717) is 16.9 Å². The second-order valence-electron chi connectivity index (χ2n) is 10.7. The quantitative estimate of drug-likeness (QED) is 0.305. The van der Waals surface area contributed by atoms with Crippen molar-refractivity contribution in [1.82, 2.24) is 14.9 Å². The molecule has 1 aliphatic heterocycles. The average molecular weight is 519 g/mol. The van der Waals surface area contributed by atoms with E-state index >= 15 is 0 Å². The highest BCUT2D eigenvalue weighted by molar-refractivity contribution is 6.33. The number of carbonyl (C=O) groups excluding carboxylic acids is 1. The van der Waals surface area contributed by atoms with Gasteiger partial charge in [-0.25, -0.2) is 9.97 Å². The number of anilines is 1. The zero-order valence-electron chi connectivity index (χ0n) is 22.6. The van der Waals surface area contributed by atoms with E-state index in [1.165, 1.54) is 37.3 Å². The van der Waals surface area contributed by atoms with Crippen LogP contribution in [0.3, 0.4) is 0 Å². The lowest BCUT2D eigenvalue weighted by atomic mass is 9.89. The Labute approximate surface area is 226 Å². The fourth-order valence-electron chi connectivity index (χ4n) is 5.54. The fraction of sp³-hybridized carbons (Fsp3) is 0.452. The lowest BCUT2D eigenvalue weighted by molar-refractivity contribution is -0.114. The molecule has 37 heavy (non-hydrogen) atoms. The number of hydrogen-bond donors (Lipinski definition) is 1. The highest BCUT2D eigenvalue weighted by Gasteiger charge is 2.25. The van der Waals surface area contributed by atoms with Gasteiger partial charge in [0.05, 0.1) is 16.4 Å². The first-order valence-corrected chi connectivity index (χ1v) is 13.9. The Morgan fingerprint density at radius 3 is 2.57 bits per heavy atom. The van der Waals surface area contributed by atoms with Crippen molar-refractivity contribution in [2.45, 2.75) is 72.9 Å². The van der Waals surface area contributed by atoms with E-state index in [1.54, 1.807) is 0 Å². The molecule has 0 bridgehead atoms. The van der Waals surface area contributed by atoms with E-state index in [0.717, 1.165) is 60.9 Å². The molecule has 0 fully saturated rings. The van der Waals surface area contributed by atoms with Crippen molar-refractivity contribution >= 4 is 23.5 Å². The van der Waals surface area contributed by atoms with Gasteiger partial charge < -0.3 is 0 Å². The number of aromatic nitrogens is 2. The second-order valence-corrected chi connectivity index (χ2v) is 11.1. The SMILES string of the molecule is CCCC(C)CC(C)Cc1ccc(-c2nc(NC(C)=O)nc3c2CN(Cc2ccccc2)CC3)c(Cl)c1. The normalized spacial score (nSPS) is 15.2. The van der Waals surface area contributed by atoms with Gasteiger partial charge in [0.15, 0.2) is 0 Å². The molecule has 5 nitrogen and oxygen atoms in total. The number of nitrogens with zero attached hydrogens (tertiary/aromatic N) is 3. The predicted molar refractivity (Wildman–Crippen MR) is 153 cm³/mol. The molecule has 196 valence electrons. The van der Waals surface area contributed by atoms with Crippen molar-refractivity contribution in [3.05, 3.63) is 75.9 Å². The summed E-state index contributed by atoms with van der Waals surface area (Å²) in [6.07, 6.45) is 5.55. The number of nitrogens with one attached hydrogen (secondary N) is 1. The van der Waals surface area contributed by atoms with Gasteiger partial charge in [-0.2, -0.15) is 0 Å². The Morgan fingerprint density at radius 1 is 1.08 bits per heavy atom. The van der Waals surface area contributed by atoms with Gasteiger partial charge >= 0.3 is 0 Å². The summed E-state index contributed by atoms with van der Waals surface area (Å²) in [7, 11) is 0.